The van der Waals surface area contributed by atoms with E-state index in [9.17, 15) is 0 Å². The van der Waals surface area contributed by atoms with E-state index >= 15 is 0 Å². The summed E-state index contributed by atoms with van der Waals surface area (Å²) in [5.41, 5.74) is 2.06. The van der Waals surface area contributed by atoms with Gasteiger partial charge in [-0.15, -0.1) is 0 Å². The van der Waals surface area contributed by atoms with Crippen molar-refractivity contribution in [2.75, 3.05) is 27.7 Å². The highest BCUT2D eigenvalue weighted by atomic mass is 35.5. The number of halogens is 5. The van der Waals surface area contributed by atoms with Crippen LogP contribution in [0.1, 0.15) is 17.5 Å². The fourth-order valence-electron chi connectivity index (χ4n) is 2.56. The van der Waals surface area contributed by atoms with Gasteiger partial charge in [0.05, 0.1) is 22.2 Å². The van der Waals surface area contributed by atoms with Crippen molar-refractivity contribution in [3.05, 3.63) is 54.4 Å². The van der Waals surface area contributed by atoms with Crippen molar-refractivity contribution < 1.29 is 9.47 Å². The highest BCUT2D eigenvalue weighted by molar-refractivity contribution is 6.55. The molecule has 0 fully saturated rings. The molecule has 0 bridgehead atoms. The summed E-state index contributed by atoms with van der Waals surface area (Å²) in [6.45, 7) is 1.21. The van der Waals surface area contributed by atoms with E-state index in [-0.39, 0.29) is 37.5 Å². The van der Waals surface area contributed by atoms with Crippen LogP contribution in [-0.2, 0) is 13.0 Å². The Morgan fingerprint density at radius 2 is 1.48 bits per heavy atom. The van der Waals surface area contributed by atoms with Crippen molar-refractivity contribution in [3.63, 3.8) is 0 Å². The molecular formula is C19H20Cl5NO2. The highest BCUT2D eigenvalue weighted by Crippen LogP contribution is 2.48. The van der Waals surface area contributed by atoms with Gasteiger partial charge in [-0.1, -0.05) is 64.1 Å². The zero-order chi connectivity index (χ0) is 20.1. The number of methoxy groups -OCH3 is 1. The number of benzene rings is 2. The largest absolute Gasteiger partial charge is 0.496 e. The first-order valence-electron chi connectivity index (χ1n) is 8.21. The summed E-state index contributed by atoms with van der Waals surface area (Å²) in [5.74, 6) is 0.905. The predicted molar refractivity (Wildman–Crippen MR) is 116 cm³/mol. The molecule has 0 aromatic heterocycles. The van der Waals surface area contributed by atoms with Gasteiger partial charge in [0.2, 0.25) is 0 Å². The normalized spacial score (nSPS) is 11.1. The lowest BCUT2D eigenvalue weighted by molar-refractivity contribution is 0.297. The molecule has 27 heavy (non-hydrogen) atoms. The summed E-state index contributed by atoms with van der Waals surface area (Å²) in [7, 11) is 5.73. The lowest BCUT2D eigenvalue weighted by Crippen LogP contribution is -2.13. The van der Waals surface area contributed by atoms with Crippen LogP contribution >= 0.6 is 58.0 Å². The SMILES string of the molecule is COc1ccc(CCCN(C)C)cc1COc1c(Cl)c(Cl)c(Cl)c(Cl)c1Cl. The van der Waals surface area contributed by atoms with E-state index in [1.807, 2.05) is 12.1 Å². The molecule has 0 unspecified atom stereocenters. The van der Waals surface area contributed by atoms with Gasteiger partial charge < -0.3 is 14.4 Å². The third kappa shape index (κ3) is 5.72. The molecule has 2 rings (SSSR count). The molecule has 3 nitrogen and oxygen atoms in total. The molecule has 0 aliphatic rings. The average Bonchev–Trinajstić information content (AvgIpc) is 2.64. The lowest BCUT2D eigenvalue weighted by Gasteiger charge is -2.16. The fourth-order valence-corrected chi connectivity index (χ4v) is 3.79. The van der Waals surface area contributed by atoms with Crippen LogP contribution in [0, 0.1) is 0 Å². The topological polar surface area (TPSA) is 21.7 Å². The van der Waals surface area contributed by atoms with Gasteiger partial charge in [0.1, 0.15) is 22.4 Å². The second-order valence-electron chi connectivity index (χ2n) is 6.24. The third-order valence-corrected chi connectivity index (χ3v) is 6.20. The first kappa shape index (κ1) is 22.7. The smallest absolute Gasteiger partial charge is 0.160 e. The van der Waals surface area contributed by atoms with E-state index in [0.717, 1.165) is 24.9 Å². The summed E-state index contributed by atoms with van der Waals surface area (Å²) in [6, 6.07) is 6.03. The Balaban J connectivity index is 2.22. The molecule has 0 aliphatic heterocycles. The maximum absolute atomic E-state index is 6.22. The van der Waals surface area contributed by atoms with Gasteiger partial charge in [-0.25, -0.2) is 0 Å². The molecule has 2 aromatic rings. The lowest BCUT2D eigenvalue weighted by atomic mass is 10.1. The summed E-state index contributed by atoms with van der Waals surface area (Å²) < 4.78 is 11.3. The monoisotopic (exact) mass is 469 g/mol. The molecule has 0 amide bonds. The second-order valence-corrected chi connectivity index (χ2v) is 8.13. The van der Waals surface area contributed by atoms with Crippen LogP contribution in [-0.4, -0.2) is 32.6 Å². The number of ether oxygens (including phenoxy) is 2. The van der Waals surface area contributed by atoms with Crippen LogP contribution in [0.4, 0.5) is 0 Å². The van der Waals surface area contributed by atoms with E-state index in [0.29, 0.717) is 5.75 Å². The highest BCUT2D eigenvalue weighted by Gasteiger charge is 2.21. The van der Waals surface area contributed by atoms with Crippen LogP contribution in [0.5, 0.6) is 11.5 Å². The number of aryl methyl sites for hydroxylation is 1. The molecule has 0 saturated carbocycles. The maximum atomic E-state index is 6.22. The Kier molecular flexibility index (Phi) is 8.67. The van der Waals surface area contributed by atoms with Crippen molar-refractivity contribution in [3.8, 4) is 11.5 Å². The van der Waals surface area contributed by atoms with E-state index in [2.05, 4.69) is 25.1 Å². The van der Waals surface area contributed by atoms with Crippen LogP contribution < -0.4 is 9.47 Å². The van der Waals surface area contributed by atoms with E-state index in [4.69, 9.17) is 67.5 Å². The van der Waals surface area contributed by atoms with Gasteiger partial charge in [0, 0.05) is 5.56 Å². The Bertz CT molecular complexity index is 782. The maximum Gasteiger partial charge on any atom is 0.160 e. The molecule has 0 radical (unpaired) electrons. The molecule has 0 atom stereocenters. The molecule has 148 valence electrons. The van der Waals surface area contributed by atoms with Crippen LogP contribution in [0.15, 0.2) is 18.2 Å². The quantitative estimate of drug-likeness (QED) is 0.305. The zero-order valence-corrected chi connectivity index (χ0v) is 19.0. The average molecular weight is 472 g/mol. The van der Waals surface area contributed by atoms with Gasteiger partial charge in [-0.3, -0.25) is 0 Å². The predicted octanol–water partition coefficient (Wildman–Crippen LogP) is 7.04. The van der Waals surface area contributed by atoms with Gasteiger partial charge in [-0.05, 0) is 51.2 Å². The molecule has 0 spiro atoms. The van der Waals surface area contributed by atoms with Gasteiger partial charge >= 0.3 is 0 Å². The van der Waals surface area contributed by atoms with Crippen molar-refractivity contribution in [2.45, 2.75) is 19.4 Å². The summed E-state index contributed by atoms with van der Waals surface area (Å²) in [5, 5.41) is 0.551. The number of hydrogen-bond donors (Lipinski definition) is 0. The minimum Gasteiger partial charge on any atom is -0.496 e. The molecule has 0 N–H and O–H groups in total. The van der Waals surface area contributed by atoms with Crippen molar-refractivity contribution in [1.29, 1.82) is 0 Å². The van der Waals surface area contributed by atoms with Gasteiger partial charge in [-0.2, -0.15) is 0 Å². The minimum absolute atomic E-state index is 0.0983. The Labute approximate surface area is 185 Å². The van der Waals surface area contributed by atoms with Gasteiger partial charge in [0.25, 0.3) is 0 Å². The zero-order valence-electron chi connectivity index (χ0n) is 15.2. The Morgan fingerprint density at radius 1 is 0.889 bits per heavy atom. The van der Waals surface area contributed by atoms with Crippen molar-refractivity contribution in [1.82, 2.24) is 4.90 Å². The van der Waals surface area contributed by atoms with Crippen LogP contribution in [0.25, 0.3) is 0 Å². The second kappa shape index (κ2) is 10.3. The van der Waals surface area contributed by atoms with Crippen molar-refractivity contribution in [2.24, 2.45) is 0 Å². The Hall–Kier alpha value is -0.550. The number of hydrogen-bond acceptors (Lipinski definition) is 3. The first-order valence-corrected chi connectivity index (χ1v) is 10.1. The van der Waals surface area contributed by atoms with Crippen LogP contribution in [0.3, 0.4) is 0 Å². The first-order chi connectivity index (χ1) is 12.8. The molecule has 2 aromatic carbocycles. The summed E-state index contributed by atoms with van der Waals surface area (Å²) in [4.78, 5) is 2.16. The minimum atomic E-state index is 0.0983. The number of nitrogens with zero attached hydrogens (tertiary/aromatic N) is 1. The number of rotatable bonds is 8. The standard InChI is InChI=1S/C19H20Cl5NO2/c1-25(2)8-4-5-11-6-7-13(26-3)12(9-11)10-27-19-17(23)15(21)14(20)16(22)18(19)24/h6-7,9H,4-5,8,10H2,1-3H3. The fraction of sp³-hybridized carbons (Fsp3) is 0.368. The van der Waals surface area contributed by atoms with E-state index in [1.54, 1.807) is 7.11 Å². The Morgan fingerprint density at radius 3 is 2.04 bits per heavy atom. The third-order valence-electron chi connectivity index (χ3n) is 3.96. The van der Waals surface area contributed by atoms with Crippen molar-refractivity contribution >= 4 is 58.0 Å². The molecule has 8 heteroatoms. The molecule has 0 heterocycles. The molecule has 0 saturated heterocycles. The van der Waals surface area contributed by atoms with E-state index in [1.165, 1.54) is 5.56 Å². The summed E-state index contributed by atoms with van der Waals surface area (Å²) >= 11 is 30.6. The summed E-state index contributed by atoms with van der Waals surface area (Å²) in [6.07, 6.45) is 2.01. The molecule has 0 aliphatic carbocycles. The van der Waals surface area contributed by atoms with Crippen LogP contribution in [0.2, 0.25) is 25.1 Å². The van der Waals surface area contributed by atoms with E-state index < -0.39 is 0 Å². The van der Waals surface area contributed by atoms with Gasteiger partial charge in [0.15, 0.2) is 5.75 Å². The molecular weight excluding hydrogens is 451 g/mol.